The maximum absolute atomic E-state index is 12.6. The summed E-state index contributed by atoms with van der Waals surface area (Å²) in [7, 11) is -2.63. The van der Waals surface area contributed by atoms with Crippen molar-refractivity contribution >= 4 is 44.1 Å². The molecule has 24 heavy (non-hydrogen) atoms. The van der Waals surface area contributed by atoms with E-state index in [1.165, 1.54) is 25.3 Å². The van der Waals surface area contributed by atoms with Crippen molar-refractivity contribution in [2.45, 2.75) is 18.7 Å². The van der Waals surface area contributed by atoms with Crippen LogP contribution in [-0.4, -0.2) is 33.1 Å². The Balaban J connectivity index is 2.35. The van der Waals surface area contributed by atoms with Crippen LogP contribution >= 0.6 is 22.9 Å². The fourth-order valence-corrected chi connectivity index (χ4v) is 4.38. The number of halogens is 1. The highest BCUT2D eigenvalue weighted by molar-refractivity contribution is 7.93. The lowest BCUT2D eigenvalue weighted by Crippen LogP contribution is -2.14. The number of methoxy groups -OCH3 is 1. The number of nitrogens with one attached hydrogen (secondary N) is 1. The summed E-state index contributed by atoms with van der Waals surface area (Å²) in [5.41, 5.74) is 0.384. The van der Waals surface area contributed by atoms with Crippen molar-refractivity contribution < 1.29 is 22.7 Å². The number of hydrogen-bond donors (Lipinski definition) is 1. The van der Waals surface area contributed by atoms with Crippen LogP contribution in [-0.2, 0) is 14.8 Å². The van der Waals surface area contributed by atoms with E-state index in [9.17, 15) is 13.2 Å². The van der Waals surface area contributed by atoms with E-state index >= 15 is 0 Å². The first-order valence-electron chi connectivity index (χ1n) is 6.79. The number of esters is 1. The molecule has 0 amide bonds. The summed E-state index contributed by atoms with van der Waals surface area (Å²) in [4.78, 5) is 16.0. The molecule has 1 heterocycles. The lowest BCUT2D eigenvalue weighted by Gasteiger charge is -2.10. The Morgan fingerprint density at radius 3 is 2.75 bits per heavy atom. The molecule has 0 aliphatic rings. The molecule has 0 saturated carbocycles. The van der Waals surface area contributed by atoms with E-state index in [1.807, 2.05) is 0 Å². The molecule has 2 rings (SSSR count). The van der Waals surface area contributed by atoms with E-state index in [0.717, 1.165) is 11.3 Å². The number of aromatic nitrogens is 1. The Bertz CT molecular complexity index is 864. The first kappa shape index (κ1) is 18.5. The van der Waals surface area contributed by atoms with Gasteiger partial charge in [0.15, 0.2) is 5.13 Å². The standard InChI is InChI=1S/C14H15ClN2O5S2/c1-4-22-13(18)12-8(2)16-14(23-12)17-24(19,20)11-7-9(15)5-6-10(11)21-3/h5-7H,4H2,1-3H3,(H,16,17). The number of hydrogen-bond acceptors (Lipinski definition) is 7. The molecule has 0 radical (unpaired) electrons. The topological polar surface area (TPSA) is 94.6 Å². The van der Waals surface area contributed by atoms with Crippen molar-refractivity contribution in [2.75, 3.05) is 18.4 Å². The largest absolute Gasteiger partial charge is 0.495 e. The quantitative estimate of drug-likeness (QED) is 0.761. The zero-order valence-electron chi connectivity index (χ0n) is 13.1. The lowest BCUT2D eigenvalue weighted by atomic mass is 10.3. The second-order valence-corrected chi connectivity index (χ2v) is 7.64. The number of aryl methyl sites for hydroxylation is 1. The summed E-state index contributed by atoms with van der Waals surface area (Å²) in [6.07, 6.45) is 0. The zero-order valence-corrected chi connectivity index (χ0v) is 15.5. The Labute approximate surface area is 148 Å². The number of ether oxygens (including phenoxy) is 2. The van der Waals surface area contributed by atoms with Crippen molar-refractivity contribution in [3.8, 4) is 5.75 Å². The Morgan fingerprint density at radius 1 is 1.42 bits per heavy atom. The normalized spacial score (nSPS) is 11.2. The third-order valence-electron chi connectivity index (χ3n) is 2.89. The molecule has 2 aromatic rings. The molecule has 0 bridgehead atoms. The molecule has 0 unspecified atom stereocenters. The van der Waals surface area contributed by atoms with Crippen molar-refractivity contribution in [3.63, 3.8) is 0 Å². The molecule has 1 N–H and O–H groups in total. The maximum Gasteiger partial charge on any atom is 0.350 e. The van der Waals surface area contributed by atoms with Gasteiger partial charge in [-0.1, -0.05) is 22.9 Å². The van der Waals surface area contributed by atoms with Gasteiger partial charge in [0.2, 0.25) is 0 Å². The number of benzene rings is 1. The van der Waals surface area contributed by atoms with Crippen LogP contribution < -0.4 is 9.46 Å². The van der Waals surface area contributed by atoms with Gasteiger partial charge in [0.1, 0.15) is 15.5 Å². The summed E-state index contributed by atoms with van der Waals surface area (Å²) in [5.74, 6) is -0.399. The average Bonchev–Trinajstić information content (AvgIpc) is 2.87. The molecule has 10 heteroatoms. The summed E-state index contributed by atoms with van der Waals surface area (Å²) < 4.78 is 37.4. The van der Waals surface area contributed by atoms with Crippen LogP contribution in [0.25, 0.3) is 0 Å². The lowest BCUT2D eigenvalue weighted by molar-refractivity contribution is 0.0531. The fourth-order valence-electron chi connectivity index (χ4n) is 1.86. The zero-order chi connectivity index (χ0) is 17.9. The second-order valence-electron chi connectivity index (χ2n) is 4.55. The van der Waals surface area contributed by atoms with Gasteiger partial charge in [0.05, 0.1) is 19.4 Å². The molecule has 0 atom stereocenters. The molecule has 130 valence electrons. The van der Waals surface area contributed by atoms with E-state index in [-0.39, 0.29) is 32.3 Å². The van der Waals surface area contributed by atoms with Gasteiger partial charge in [-0.3, -0.25) is 4.72 Å². The van der Waals surface area contributed by atoms with Gasteiger partial charge in [-0.25, -0.2) is 18.2 Å². The predicted octanol–water partition coefficient (Wildman–Crippen LogP) is 3.09. The first-order chi connectivity index (χ1) is 11.3. The molecule has 0 aliphatic carbocycles. The van der Waals surface area contributed by atoms with E-state index in [1.54, 1.807) is 13.8 Å². The van der Waals surface area contributed by atoms with E-state index in [0.29, 0.717) is 5.69 Å². The minimum absolute atomic E-state index is 0.0533. The summed E-state index contributed by atoms with van der Waals surface area (Å²) in [6.45, 7) is 3.50. The molecule has 0 aliphatic heterocycles. The number of carbonyl (C=O) groups excluding carboxylic acids is 1. The van der Waals surface area contributed by atoms with Crippen LogP contribution in [0.15, 0.2) is 23.1 Å². The third kappa shape index (κ3) is 3.97. The maximum atomic E-state index is 12.6. The average molecular weight is 391 g/mol. The third-order valence-corrected chi connectivity index (χ3v) is 5.67. The van der Waals surface area contributed by atoms with Crippen LogP contribution in [0.4, 0.5) is 5.13 Å². The van der Waals surface area contributed by atoms with Gasteiger partial charge < -0.3 is 9.47 Å². The molecule has 7 nitrogen and oxygen atoms in total. The Hall–Kier alpha value is -1.84. The molecule has 0 fully saturated rings. The van der Waals surface area contributed by atoms with Crippen LogP contribution in [0.2, 0.25) is 5.02 Å². The number of nitrogens with zero attached hydrogens (tertiary/aromatic N) is 1. The number of anilines is 1. The molecule has 1 aromatic heterocycles. The smallest absolute Gasteiger partial charge is 0.350 e. The van der Waals surface area contributed by atoms with E-state index in [2.05, 4.69) is 9.71 Å². The van der Waals surface area contributed by atoms with Gasteiger partial charge in [-0.15, -0.1) is 0 Å². The van der Waals surface area contributed by atoms with E-state index < -0.39 is 16.0 Å². The highest BCUT2D eigenvalue weighted by Gasteiger charge is 2.24. The Morgan fingerprint density at radius 2 is 2.12 bits per heavy atom. The van der Waals surface area contributed by atoms with Crippen molar-refractivity contribution in [2.24, 2.45) is 0 Å². The molecule has 0 spiro atoms. The summed E-state index contributed by atoms with van der Waals surface area (Å²) >= 11 is 6.76. The van der Waals surface area contributed by atoms with Gasteiger partial charge in [0, 0.05) is 5.02 Å². The Kier molecular flexibility index (Phi) is 5.68. The van der Waals surface area contributed by atoms with Crippen LogP contribution in [0.1, 0.15) is 22.3 Å². The molecular weight excluding hydrogens is 376 g/mol. The van der Waals surface area contributed by atoms with Crippen LogP contribution in [0.5, 0.6) is 5.75 Å². The van der Waals surface area contributed by atoms with Crippen LogP contribution in [0, 0.1) is 6.92 Å². The van der Waals surface area contributed by atoms with Gasteiger partial charge >= 0.3 is 5.97 Å². The summed E-state index contributed by atoms with van der Waals surface area (Å²) in [6, 6.07) is 4.25. The second kappa shape index (κ2) is 7.37. The van der Waals surface area contributed by atoms with Crippen molar-refractivity contribution in [3.05, 3.63) is 33.8 Å². The highest BCUT2D eigenvalue weighted by atomic mass is 35.5. The fraction of sp³-hybridized carbons (Fsp3) is 0.286. The van der Waals surface area contributed by atoms with Gasteiger partial charge in [-0.2, -0.15) is 0 Å². The first-order valence-corrected chi connectivity index (χ1v) is 9.47. The number of sulfonamides is 1. The van der Waals surface area contributed by atoms with Crippen molar-refractivity contribution in [1.82, 2.24) is 4.98 Å². The van der Waals surface area contributed by atoms with E-state index in [4.69, 9.17) is 21.1 Å². The number of thiazole rings is 1. The monoisotopic (exact) mass is 390 g/mol. The molecule has 0 saturated heterocycles. The van der Waals surface area contributed by atoms with Gasteiger partial charge in [0.25, 0.3) is 10.0 Å². The van der Waals surface area contributed by atoms with Crippen molar-refractivity contribution in [1.29, 1.82) is 0 Å². The molecule has 1 aromatic carbocycles. The molecular formula is C14H15ClN2O5S2. The number of carbonyl (C=O) groups is 1. The summed E-state index contributed by atoms with van der Waals surface area (Å²) in [5, 5.41) is 0.302. The number of rotatable bonds is 6. The minimum Gasteiger partial charge on any atom is -0.495 e. The van der Waals surface area contributed by atoms with Gasteiger partial charge in [-0.05, 0) is 32.0 Å². The SMILES string of the molecule is CCOC(=O)c1sc(NS(=O)(=O)c2cc(Cl)ccc2OC)nc1C. The predicted molar refractivity (Wildman–Crippen MR) is 91.6 cm³/mol. The highest BCUT2D eigenvalue weighted by Crippen LogP contribution is 2.30. The minimum atomic E-state index is -3.98. The van der Waals surface area contributed by atoms with Crippen LogP contribution in [0.3, 0.4) is 0 Å².